The van der Waals surface area contributed by atoms with Crippen LogP contribution in [0.1, 0.15) is 0 Å². The van der Waals surface area contributed by atoms with Gasteiger partial charge >= 0.3 is 0 Å². The van der Waals surface area contributed by atoms with E-state index in [9.17, 15) is 8.42 Å². The van der Waals surface area contributed by atoms with Crippen LogP contribution in [0, 0.1) is 0 Å². The molecule has 0 saturated carbocycles. The molecule has 0 aliphatic carbocycles. The molecule has 0 unspecified atom stereocenters. The van der Waals surface area contributed by atoms with Crippen LogP contribution in [0.25, 0.3) is 22.4 Å². The van der Waals surface area contributed by atoms with Gasteiger partial charge in [0.15, 0.2) is 5.75 Å². The minimum absolute atomic E-state index is 0.0350. The predicted octanol–water partition coefficient (Wildman–Crippen LogP) is 3.71. The molecule has 0 atom stereocenters. The van der Waals surface area contributed by atoms with Crippen LogP contribution in [0.2, 0.25) is 10.0 Å². The molecular weight excluding hydrogens is 385 g/mol. The van der Waals surface area contributed by atoms with Crippen molar-refractivity contribution in [3.63, 3.8) is 0 Å². The Hall–Kier alpha value is -2.06. The number of primary sulfonamides is 1. The Labute approximate surface area is 154 Å². The van der Waals surface area contributed by atoms with Gasteiger partial charge in [0.05, 0.1) is 33.9 Å². The number of aromatic amines is 1. The molecule has 0 spiro atoms. The number of rotatable bonds is 4. The zero-order valence-electron chi connectivity index (χ0n) is 13.0. The molecule has 1 heterocycles. The Morgan fingerprint density at radius 2 is 1.68 bits per heavy atom. The van der Waals surface area contributed by atoms with Crippen molar-refractivity contribution in [2.24, 2.45) is 5.14 Å². The third-order valence-corrected chi connectivity index (χ3v) is 5.12. The fourth-order valence-electron chi connectivity index (χ4n) is 2.45. The first-order valence-corrected chi connectivity index (χ1v) is 9.31. The first-order valence-electron chi connectivity index (χ1n) is 7.01. The minimum atomic E-state index is -3.74. The fraction of sp³-hybridized carbons (Fsp3) is 0.0625. The van der Waals surface area contributed by atoms with Gasteiger partial charge in [0.1, 0.15) is 0 Å². The Bertz CT molecular complexity index is 1010. The average Bonchev–Trinajstić information content (AvgIpc) is 3.03. The Kier molecular flexibility index (Phi) is 4.75. The molecular formula is C16H13Cl2N3O3S. The molecule has 2 aromatic carbocycles. The van der Waals surface area contributed by atoms with Crippen molar-refractivity contribution in [3.8, 4) is 28.1 Å². The molecule has 0 aliphatic heterocycles. The summed E-state index contributed by atoms with van der Waals surface area (Å²) in [6, 6.07) is 9.60. The molecule has 0 radical (unpaired) electrons. The van der Waals surface area contributed by atoms with Gasteiger partial charge in [-0.15, -0.1) is 0 Å². The van der Waals surface area contributed by atoms with E-state index in [1.807, 2.05) is 0 Å². The largest absolute Gasteiger partial charge is 0.494 e. The first kappa shape index (κ1) is 17.8. The van der Waals surface area contributed by atoms with Crippen LogP contribution < -0.4 is 9.88 Å². The Morgan fingerprint density at radius 3 is 2.20 bits per heavy atom. The highest BCUT2D eigenvalue weighted by atomic mass is 35.5. The summed E-state index contributed by atoms with van der Waals surface area (Å²) in [5.41, 5.74) is 2.94. The number of H-pyrrole nitrogens is 1. The zero-order chi connectivity index (χ0) is 18.2. The quantitative estimate of drug-likeness (QED) is 0.700. The zero-order valence-corrected chi connectivity index (χ0v) is 15.3. The lowest BCUT2D eigenvalue weighted by molar-refractivity contribution is 0.415. The van der Waals surface area contributed by atoms with Crippen LogP contribution in [0.3, 0.4) is 0 Å². The maximum Gasteiger partial charge on any atom is 0.238 e. The van der Waals surface area contributed by atoms with E-state index in [0.29, 0.717) is 21.5 Å². The smallest absolute Gasteiger partial charge is 0.238 e. The van der Waals surface area contributed by atoms with Crippen molar-refractivity contribution in [1.29, 1.82) is 0 Å². The lowest BCUT2D eigenvalue weighted by atomic mass is 10.0. The molecule has 1 aromatic heterocycles. The maximum atomic E-state index is 11.4. The number of benzene rings is 2. The molecule has 9 heteroatoms. The van der Waals surface area contributed by atoms with Crippen molar-refractivity contribution < 1.29 is 13.2 Å². The number of methoxy groups -OCH3 is 1. The number of ether oxygens (including phenoxy) is 1. The number of hydrogen-bond donors (Lipinski definition) is 2. The summed E-state index contributed by atoms with van der Waals surface area (Å²) < 4.78 is 27.9. The summed E-state index contributed by atoms with van der Waals surface area (Å²) in [6.45, 7) is 0. The van der Waals surface area contributed by atoms with Crippen LogP contribution in [0.4, 0.5) is 0 Å². The van der Waals surface area contributed by atoms with Crippen molar-refractivity contribution in [2.45, 2.75) is 4.90 Å². The molecule has 0 aliphatic rings. The van der Waals surface area contributed by atoms with Gasteiger partial charge in [-0.2, -0.15) is 5.10 Å². The van der Waals surface area contributed by atoms with Crippen LogP contribution in [0.5, 0.6) is 5.75 Å². The Balaban J connectivity index is 2.07. The molecule has 3 rings (SSSR count). The van der Waals surface area contributed by atoms with Crippen LogP contribution in [-0.4, -0.2) is 25.7 Å². The second kappa shape index (κ2) is 6.68. The number of aromatic nitrogens is 2. The summed E-state index contributed by atoms with van der Waals surface area (Å²) >= 11 is 12.4. The van der Waals surface area contributed by atoms with E-state index >= 15 is 0 Å². The number of sulfonamides is 1. The van der Waals surface area contributed by atoms with Gasteiger partial charge in [-0.25, -0.2) is 13.6 Å². The van der Waals surface area contributed by atoms with Gasteiger partial charge in [0.2, 0.25) is 10.0 Å². The lowest BCUT2D eigenvalue weighted by Gasteiger charge is -2.09. The fourth-order valence-corrected chi connectivity index (χ4v) is 3.60. The molecule has 0 saturated heterocycles. The second-order valence-corrected chi connectivity index (χ2v) is 7.58. The van der Waals surface area contributed by atoms with E-state index in [2.05, 4.69) is 10.2 Å². The van der Waals surface area contributed by atoms with E-state index in [1.54, 1.807) is 30.5 Å². The van der Waals surface area contributed by atoms with Crippen molar-refractivity contribution in [2.75, 3.05) is 7.11 Å². The average molecular weight is 398 g/mol. The van der Waals surface area contributed by atoms with Crippen molar-refractivity contribution in [1.82, 2.24) is 10.2 Å². The number of nitrogens with one attached hydrogen (secondary N) is 1. The van der Waals surface area contributed by atoms with Gasteiger partial charge in [-0.1, -0.05) is 35.3 Å². The van der Waals surface area contributed by atoms with E-state index in [4.69, 9.17) is 33.1 Å². The van der Waals surface area contributed by atoms with E-state index in [0.717, 1.165) is 16.7 Å². The topological polar surface area (TPSA) is 98.1 Å². The summed E-state index contributed by atoms with van der Waals surface area (Å²) in [5.74, 6) is 0.398. The highest BCUT2D eigenvalue weighted by molar-refractivity contribution is 7.89. The highest BCUT2D eigenvalue weighted by Crippen LogP contribution is 2.39. The number of hydrogen-bond acceptors (Lipinski definition) is 4. The number of halogens is 2. The second-order valence-electron chi connectivity index (χ2n) is 5.20. The van der Waals surface area contributed by atoms with Crippen LogP contribution in [0.15, 0.2) is 47.5 Å². The first-order chi connectivity index (χ1) is 11.8. The third kappa shape index (κ3) is 3.50. The van der Waals surface area contributed by atoms with Crippen molar-refractivity contribution in [3.05, 3.63) is 52.6 Å². The monoisotopic (exact) mass is 397 g/mol. The maximum absolute atomic E-state index is 11.4. The standard InChI is InChI=1S/C16H13Cl2N3O3S/c1-24-16-13(17)6-10(7-14(16)18)12-8-20-21-15(12)9-2-4-11(5-3-9)25(19,22)23/h2-8H,1H3,(H,20,21)(H2,19,22,23). The van der Waals surface area contributed by atoms with Crippen LogP contribution in [-0.2, 0) is 10.0 Å². The molecule has 3 N–H and O–H groups in total. The van der Waals surface area contributed by atoms with E-state index < -0.39 is 10.0 Å². The summed E-state index contributed by atoms with van der Waals surface area (Å²) in [4.78, 5) is 0.0350. The summed E-state index contributed by atoms with van der Waals surface area (Å²) in [5, 5.41) is 12.8. The molecule has 130 valence electrons. The predicted molar refractivity (Wildman–Crippen MR) is 97.4 cm³/mol. The lowest BCUT2D eigenvalue weighted by Crippen LogP contribution is -2.11. The number of nitrogens with two attached hydrogens (primary N) is 1. The summed E-state index contributed by atoms with van der Waals surface area (Å²) in [7, 11) is -2.26. The van der Waals surface area contributed by atoms with Crippen molar-refractivity contribution >= 4 is 33.2 Å². The normalized spacial score (nSPS) is 11.5. The van der Waals surface area contributed by atoms with Gasteiger partial charge in [-0.05, 0) is 29.8 Å². The van der Waals surface area contributed by atoms with Gasteiger partial charge in [-0.3, -0.25) is 5.10 Å². The van der Waals surface area contributed by atoms with E-state index in [-0.39, 0.29) is 4.90 Å². The molecule has 6 nitrogen and oxygen atoms in total. The third-order valence-electron chi connectivity index (χ3n) is 3.62. The van der Waals surface area contributed by atoms with Crippen LogP contribution >= 0.6 is 23.2 Å². The number of nitrogens with zero attached hydrogens (tertiary/aromatic N) is 1. The highest BCUT2D eigenvalue weighted by Gasteiger charge is 2.15. The molecule has 25 heavy (non-hydrogen) atoms. The molecule has 0 amide bonds. The van der Waals surface area contributed by atoms with E-state index in [1.165, 1.54) is 19.2 Å². The molecule has 0 fully saturated rings. The Morgan fingerprint density at radius 1 is 1.08 bits per heavy atom. The SMILES string of the molecule is COc1c(Cl)cc(-c2cn[nH]c2-c2ccc(S(N)(=O)=O)cc2)cc1Cl. The molecule has 3 aromatic rings. The van der Waals surface area contributed by atoms with Gasteiger partial charge in [0.25, 0.3) is 0 Å². The minimum Gasteiger partial charge on any atom is -0.494 e. The molecule has 0 bridgehead atoms. The van der Waals surface area contributed by atoms with Gasteiger partial charge < -0.3 is 4.74 Å². The van der Waals surface area contributed by atoms with Gasteiger partial charge in [0, 0.05) is 11.1 Å². The summed E-state index contributed by atoms with van der Waals surface area (Å²) in [6.07, 6.45) is 1.64.